The van der Waals surface area contributed by atoms with E-state index in [0.717, 1.165) is 29.8 Å². The highest BCUT2D eigenvalue weighted by molar-refractivity contribution is 5.91. The van der Waals surface area contributed by atoms with Gasteiger partial charge in [0.1, 0.15) is 11.3 Å². The van der Waals surface area contributed by atoms with Crippen molar-refractivity contribution in [1.29, 1.82) is 0 Å². The summed E-state index contributed by atoms with van der Waals surface area (Å²) in [5.41, 5.74) is 1.00. The predicted octanol–water partition coefficient (Wildman–Crippen LogP) is 5.73. The van der Waals surface area contributed by atoms with Crippen LogP contribution in [-0.4, -0.2) is 11.0 Å². The van der Waals surface area contributed by atoms with E-state index in [0.29, 0.717) is 17.0 Å². The minimum atomic E-state index is -4.46. The topological polar surface area (TPSA) is 52.3 Å². The number of aromatic nitrogens is 1. The second kappa shape index (κ2) is 6.84. The number of halogens is 3. The Labute approximate surface area is 157 Å². The van der Waals surface area contributed by atoms with E-state index in [1.54, 1.807) is 12.1 Å². The molecule has 0 aliphatic carbocycles. The van der Waals surface area contributed by atoms with E-state index in [1.807, 2.05) is 30.3 Å². The van der Waals surface area contributed by atoms with Crippen LogP contribution in [0.3, 0.4) is 0 Å². The number of esters is 1. The highest BCUT2D eigenvalue weighted by Crippen LogP contribution is 2.30. The van der Waals surface area contributed by atoms with Crippen molar-refractivity contribution in [2.75, 3.05) is 0 Å². The van der Waals surface area contributed by atoms with E-state index in [1.165, 1.54) is 6.07 Å². The lowest BCUT2D eigenvalue weighted by Crippen LogP contribution is -2.10. The number of oxazole rings is 1. The van der Waals surface area contributed by atoms with Crippen LogP contribution in [0.1, 0.15) is 15.9 Å². The Kier molecular flexibility index (Phi) is 4.35. The summed E-state index contributed by atoms with van der Waals surface area (Å²) in [6.45, 7) is 0. The molecule has 1 aromatic heterocycles. The fourth-order valence-corrected chi connectivity index (χ4v) is 2.63. The number of fused-ring (bicyclic) bond motifs is 1. The van der Waals surface area contributed by atoms with Crippen molar-refractivity contribution in [2.45, 2.75) is 6.18 Å². The minimum absolute atomic E-state index is 0.00985. The molecule has 7 heteroatoms. The van der Waals surface area contributed by atoms with Gasteiger partial charge >= 0.3 is 12.1 Å². The van der Waals surface area contributed by atoms with Gasteiger partial charge in [-0.05, 0) is 48.5 Å². The maximum Gasteiger partial charge on any atom is 0.416 e. The highest BCUT2D eigenvalue weighted by Gasteiger charge is 2.30. The third-order valence-electron chi connectivity index (χ3n) is 4.04. The van der Waals surface area contributed by atoms with Gasteiger partial charge in [0.25, 0.3) is 0 Å². The zero-order chi connectivity index (χ0) is 19.7. The molecule has 0 N–H and O–H groups in total. The van der Waals surface area contributed by atoms with Gasteiger partial charge in [-0.15, -0.1) is 0 Å². The maximum atomic E-state index is 12.6. The quantitative estimate of drug-likeness (QED) is 0.335. The number of carbonyl (C=O) groups excluding carboxylic acids is 1. The molecule has 140 valence electrons. The molecule has 0 radical (unpaired) electrons. The molecule has 0 saturated carbocycles. The van der Waals surface area contributed by atoms with Gasteiger partial charge in [0.15, 0.2) is 5.58 Å². The van der Waals surface area contributed by atoms with E-state index in [9.17, 15) is 18.0 Å². The number of hydrogen-bond acceptors (Lipinski definition) is 4. The molecular formula is C21H12F3NO3. The van der Waals surface area contributed by atoms with Gasteiger partial charge in [-0.3, -0.25) is 0 Å². The van der Waals surface area contributed by atoms with Crippen LogP contribution in [0.5, 0.6) is 5.75 Å². The molecule has 0 amide bonds. The molecule has 4 nitrogen and oxygen atoms in total. The van der Waals surface area contributed by atoms with E-state index in [-0.39, 0.29) is 11.3 Å². The van der Waals surface area contributed by atoms with Crippen LogP contribution in [0.15, 0.2) is 77.2 Å². The van der Waals surface area contributed by atoms with Crippen LogP contribution in [0.2, 0.25) is 0 Å². The van der Waals surface area contributed by atoms with Crippen LogP contribution >= 0.6 is 0 Å². The van der Waals surface area contributed by atoms with Gasteiger partial charge in [-0.25, -0.2) is 9.78 Å². The van der Waals surface area contributed by atoms with Crippen molar-refractivity contribution >= 4 is 17.1 Å². The number of ether oxygens (including phenoxy) is 1. The van der Waals surface area contributed by atoms with E-state index in [2.05, 4.69) is 4.98 Å². The Morgan fingerprint density at radius 1 is 0.929 bits per heavy atom. The predicted molar refractivity (Wildman–Crippen MR) is 95.8 cm³/mol. The number of hydrogen-bond donors (Lipinski definition) is 0. The molecule has 3 aromatic carbocycles. The summed E-state index contributed by atoms with van der Waals surface area (Å²) in [5.74, 6) is -0.133. The van der Waals surface area contributed by atoms with Crippen molar-refractivity contribution in [3.63, 3.8) is 0 Å². The lowest BCUT2D eigenvalue weighted by Gasteiger charge is -2.07. The molecule has 0 unspecified atom stereocenters. The first kappa shape index (κ1) is 17.8. The molecule has 0 atom stereocenters. The smallest absolute Gasteiger partial charge is 0.416 e. The summed E-state index contributed by atoms with van der Waals surface area (Å²) in [7, 11) is 0. The Bertz CT molecular complexity index is 1130. The first-order chi connectivity index (χ1) is 13.4. The molecule has 0 fully saturated rings. The van der Waals surface area contributed by atoms with Crippen LogP contribution in [0, 0.1) is 0 Å². The van der Waals surface area contributed by atoms with Crippen LogP contribution in [0.4, 0.5) is 13.2 Å². The van der Waals surface area contributed by atoms with Gasteiger partial charge in [0, 0.05) is 11.6 Å². The van der Waals surface area contributed by atoms with E-state index >= 15 is 0 Å². The van der Waals surface area contributed by atoms with Gasteiger partial charge in [0.05, 0.1) is 11.1 Å². The summed E-state index contributed by atoms with van der Waals surface area (Å²) in [5, 5.41) is 0. The van der Waals surface area contributed by atoms with Crippen molar-refractivity contribution < 1.29 is 27.1 Å². The number of carbonyl (C=O) groups is 1. The number of alkyl halides is 3. The molecule has 0 saturated heterocycles. The van der Waals surface area contributed by atoms with Crippen LogP contribution in [-0.2, 0) is 6.18 Å². The van der Waals surface area contributed by atoms with Crippen LogP contribution in [0.25, 0.3) is 22.6 Å². The lowest BCUT2D eigenvalue weighted by atomic mass is 10.1. The van der Waals surface area contributed by atoms with E-state index in [4.69, 9.17) is 9.15 Å². The molecule has 0 bridgehead atoms. The molecule has 0 spiro atoms. The Balaban J connectivity index is 1.55. The summed E-state index contributed by atoms with van der Waals surface area (Å²) in [4.78, 5) is 16.6. The molecule has 0 aliphatic heterocycles. The van der Waals surface area contributed by atoms with Crippen molar-refractivity contribution in [3.8, 4) is 17.2 Å². The summed E-state index contributed by atoms with van der Waals surface area (Å²) >= 11 is 0. The SMILES string of the molecule is O=C(Oc1ccc2nc(-c3ccccc3)oc2c1)c1ccc(C(F)(F)F)cc1. The normalized spacial score (nSPS) is 11.5. The van der Waals surface area contributed by atoms with Gasteiger partial charge in [-0.1, -0.05) is 18.2 Å². The number of rotatable bonds is 3. The Hall–Kier alpha value is -3.61. The molecule has 4 aromatic rings. The average molecular weight is 383 g/mol. The zero-order valence-corrected chi connectivity index (χ0v) is 14.2. The minimum Gasteiger partial charge on any atom is -0.436 e. The van der Waals surface area contributed by atoms with Crippen molar-refractivity contribution in [3.05, 3.63) is 83.9 Å². The summed E-state index contributed by atoms with van der Waals surface area (Å²) in [6, 6.07) is 17.8. The molecule has 28 heavy (non-hydrogen) atoms. The molecule has 4 rings (SSSR count). The Morgan fingerprint density at radius 3 is 2.32 bits per heavy atom. The van der Waals surface area contributed by atoms with Crippen molar-refractivity contribution in [2.24, 2.45) is 0 Å². The maximum absolute atomic E-state index is 12.6. The van der Waals surface area contributed by atoms with Gasteiger partial charge in [-0.2, -0.15) is 13.2 Å². The second-order valence-corrected chi connectivity index (χ2v) is 5.98. The molecule has 1 heterocycles. The average Bonchev–Trinajstić information content (AvgIpc) is 3.11. The largest absolute Gasteiger partial charge is 0.436 e. The standard InChI is InChI=1S/C21H12F3NO3/c22-21(23,24)15-8-6-14(7-9-15)20(26)27-16-10-11-17-18(12-16)28-19(25-17)13-4-2-1-3-5-13/h1-12H. The fraction of sp³-hybridized carbons (Fsp3) is 0.0476. The van der Waals surface area contributed by atoms with Crippen LogP contribution < -0.4 is 4.74 Å². The second-order valence-electron chi connectivity index (χ2n) is 5.98. The van der Waals surface area contributed by atoms with E-state index < -0.39 is 17.7 Å². The first-order valence-electron chi connectivity index (χ1n) is 8.25. The fourth-order valence-electron chi connectivity index (χ4n) is 2.63. The number of nitrogens with zero attached hydrogens (tertiary/aromatic N) is 1. The summed E-state index contributed by atoms with van der Waals surface area (Å²) in [6.07, 6.45) is -4.46. The molecular weight excluding hydrogens is 371 g/mol. The van der Waals surface area contributed by atoms with Crippen molar-refractivity contribution in [1.82, 2.24) is 4.98 Å². The first-order valence-corrected chi connectivity index (χ1v) is 8.25. The zero-order valence-electron chi connectivity index (χ0n) is 14.2. The lowest BCUT2D eigenvalue weighted by molar-refractivity contribution is -0.137. The monoisotopic (exact) mass is 383 g/mol. The summed E-state index contributed by atoms with van der Waals surface area (Å²) < 4.78 is 48.8. The highest BCUT2D eigenvalue weighted by atomic mass is 19.4. The Morgan fingerprint density at radius 2 is 1.64 bits per heavy atom. The van der Waals surface area contributed by atoms with Gasteiger partial charge in [0.2, 0.25) is 5.89 Å². The van der Waals surface area contributed by atoms with Gasteiger partial charge < -0.3 is 9.15 Å². The third kappa shape index (κ3) is 3.59. The molecule has 0 aliphatic rings. The third-order valence-corrected chi connectivity index (χ3v) is 4.04. The number of benzene rings is 3.